The van der Waals surface area contributed by atoms with E-state index in [9.17, 15) is 4.79 Å². The van der Waals surface area contributed by atoms with Gasteiger partial charge in [-0.15, -0.1) is 11.8 Å². The van der Waals surface area contributed by atoms with Gasteiger partial charge in [0.1, 0.15) is 17.2 Å². The van der Waals surface area contributed by atoms with Crippen LogP contribution in [0.4, 0.5) is 0 Å². The maximum Gasteiger partial charge on any atom is 0.153 e. The quantitative estimate of drug-likeness (QED) is 0.606. The van der Waals surface area contributed by atoms with E-state index in [1.54, 1.807) is 37.1 Å². The highest BCUT2D eigenvalue weighted by Crippen LogP contribution is 2.30. The fourth-order valence-electron chi connectivity index (χ4n) is 1.88. The molecule has 0 aliphatic rings. The lowest BCUT2D eigenvalue weighted by Gasteiger charge is -2.11. The Bertz CT molecular complexity index is 623. The first-order valence-corrected chi connectivity index (χ1v) is 7.36. The molecule has 0 saturated heterocycles. The van der Waals surface area contributed by atoms with E-state index >= 15 is 0 Å². The van der Waals surface area contributed by atoms with Crippen LogP contribution in [0.25, 0.3) is 0 Å². The van der Waals surface area contributed by atoms with Gasteiger partial charge in [-0.05, 0) is 55.1 Å². The van der Waals surface area contributed by atoms with Crippen LogP contribution in [-0.2, 0) is 0 Å². The SMILES string of the molecule is COc1ccc(Oc2ccc(SC)c(C)c2)c(C=O)c1. The Morgan fingerprint density at radius 3 is 2.45 bits per heavy atom. The lowest BCUT2D eigenvalue weighted by molar-refractivity contribution is 0.112. The molecule has 0 aliphatic heterocycles. The third kappa shape index (κ3) is 3.14. The number of methoxy groups -OCH3 is 1. The highest BCUT2D eigenvalue weighted by atomic mass is 32.2. The van der Waals surface area contributed by atoms with E-state index in [1.165, 1.54) is 4.90 Å². The molecule has 0 unspecified atom stereocenters. The summed E-state index contributed by atoms with van der Waals surface area (Å²) in [5.41, 5.74) is 1.62. The molecule has 0 amide bonds. The van der Waals surface area contributed by atoms with Gasteiger partial charge in [0.05, 0.1) is 12.7 Å². The van der Waals surface area contributed by atoms with E-state index in [2.05, 4.69) is 0 Å². The molecule has 0 saturated carbocycles. The van der Waals surface area contributed by atoms with Crippen LogP contribution in [0.5, 0.6) is 17.2 Å². The molecule has 4 heteroatoms. The van der Waals surface area contributed by atoms with Gasteiger partial charge in [-0.25, -0.2) is 0 Å². The second-order valence-corrected chi connectivity index (χ2v) is 5.10. The molecule has 2 aromatic carbocycles. The number of carbonyl (C=O) groups excluding carboxylic acids is 1. The van der Waals surface area contributed by atoms with Crippen molar-refractivity contribution in [3.63, 3.8) is 0 Å². The molecule has 0 heterocycles. The number of ether oxygens (including phenoxy) is 2. The Morgan fingerprint density at radius 1 is 1.10 bits per heavy atom. The molecule has 2 rings (SSSR count). The van der Waals surface area contributed by atoms with E-state index in [0.29, 0.717) is 22.8 Å². The summed E-state index contributed by atoms with van der Waals surface area (Å²) in [6, 6.07) is 11.0. The first-order chi connectivity index (χ1) is 9.67. The third-order valence-electron chi connectivity index (χ3n) is 2.94. The Balaban J connectivity index is 2.29. The van der Waals surface area contributed by atoms with Crippen molar-refractivity contribution < 1.29 is 14.3 Å². The molecule has 0 aliphatic carbocycles. The molecule has 0 N–H and O–H groups in total. The normalized spacial score (nSPS) is 10.2. The van der Waals surface area contributed by atoms with Crippen molar-refractivity contribution in [1.82, 2.24) is 0 Å². The Kier molecular flexibility index (Phi) is 4.69. The molecule has 0 bridgehead atoms. The standard InChI is InChI=1S/C16H16O3S/c1-11-8-14(5-7-16(11)20-3)19-15-6-4-13(18-2)9-12(15)10-17/h4-10H,1-3H3. The molecule has 0 fully saturated rings. The third-order valence-corrected chi connectivity index (χ3v) is 3.84. The summed E-state index contributed by atoms with van der Waals surface area (Å²) < 4.78 is 10.9. The van der Waals surface area contributed by atoms with Crippen LogP contribution in [-0.4, -0.2) is 19.7 Å². The summed E-state index contributed by atoms with van der Waals surface area (Å²) in [5.74, 6) is 1.87. The number of thioether (sulfide) groups is 1. The van der Waals surface area contributed by atoms with Gasteiger partial charge in [-0.1, -0.05) is 0 Å². The molecule has 2 aromatic rings. The van der Waals surface area contributed by atoms with E-state index in [0.717, 1.165) is 11.8 Å². The molecule has 104 valence electrons. The van der Waals surface area contributed by atoms with E-state index in [1.807, 2.05) is 31.4 Å². The van der Waals surface area contributed by atoms with Crippen LogP contribution in [0.1, 0.15) is 15.9 Å². The van der Waals surface area contributed by atoms with Crippen molar-refractivity contribution in [1.29, 1.82) is 0 Å². The topological polar surface area (TPSA) is 35.5 Å². The van der Waals surface area contributed by atoms with Crippen LogP contribution in [0.15, 0.2) is 41.3 Å². The first-order valence-electron chi connectivity index (χ1n) is 6.13. The minimum Gasteiger partial charge on any atom is -0.497 e. The number of aryl methyl sites for hydroxylation is 1. The highest BCUT2D eigenvalue weighted by Gasteiger charge is 2.07. The van der Waals surface area contributed by atoms with Crippen molar-refractivity contribution in [2.24, 2.45) is 0 Å². The number of rotatable bonds is 5. The molecule has 3 nitrogen and oxygen atoms in total. The summed E-state index contributed by atoms with van der Waals surface area (Å²) in [6.07, 6.45) is 2.80. The monoisotopic (exact) mass is 288 g/mol. The minimum atomic E-state index is 0.468. The van der Waals surface area contributed by atoms with Crippen molar-refractivity contribution in [2.45, 2.75) is 11.8 Å². The van der Waals surface area contributed by atoms with Crippen molar-refractivity contribution in [3.8, 4) is 17.2 Å². The number of benzene rings is 2. The Hall–Kier alpha value is -1.94. The van der Waals surface area contributed by atoms with Crippen molar-refractivity contribution >= 4 is 18.0 Å². The summed E-state index contributed by atoms with van der Waals surface area (Å²) in [5, 5.41) is 0. The van der Waals surface area contributed by atoms with Crippen LogP contribution in [0, 0.1) is 6.92 Å². The minimum absolute atomic E-state index is 0.468. The molecule has 0 aromatic heterocycles. The highest BCUT2D eigenvalue weighted by molar-refractivity contribution is 7.98. The average molecular weight is 288 g/mol. The zero-order valence-corrected chi connectivity index (χ0v) is 12.5. The molecule has 0 atom stereocenters. The lowest BCUT2D eigenvalue weighted by Crippen LogP contribution is -1.93. The van der Waals surface area contributed by atoms with Crippen LogP contribution < -0.4 is 9.47 Å². The van der Waals surface area contributed by atoms with Crippen LogP contribution >= 0.6 is 11.8 Å². The van der Waals surface area contributed by atoms with Crippen LogP contribution in [0.2, 0.25) is 0 Å². The molecule has 20 heavy (non-hydrogen) atoms. The second kappa shape index (κ2) is 6.48. The summed E-state index contributed by atoms with van der Waals surface area (Å²) in [6.45, 7) is 2.04. The fraction of sp³-hybridized carbons (Fsp3) is 0.188. The Labute approximate surface area is 122 Å². The Morgan fingerprint density at radius 2 is 1.85 bits per heavy atom. The van der Waals surface area contributed by atoms with Gasteiger partial charge in [0, 0.05) is 4.90 Å². The summed E-state index contributed by atoms with van der Waals surface area (Å²) in [7, 11) is 1.56. The molecule has 0 radical (unpaired) electrons. The van der Waals surface area contributed by atoms with Crippen molar-refractivity contribution in [3.05, 3.63) is 47.5 Å². The number of carbonyl (C=O) groups is 1. The van der Waals surface area contributed by atoms with Gasteiger partial charge in [-0.3, -0.25) is 4.79 Å². The van der Waals surface area contributed by atoms with E-state index < -0.39 is 0 Å². The van der Waals surface area contributed by atoms with E-state index in [-0.39, 0.29) is 0 Å². The zero-order valence-electron chi connectivity index (χ0n) is 11.7. The maximum atomic E-state index is 11.1. The van der Waals surface area contributed by atoms with E-state index in [4.69, 9.17) is 9.47 Å². The molecule has 0 spiro atoms. The lowest BCUT2D eigenvalue weighted by atomic mass is 10.2. The molecular formula is C16H16O3S. The van der Waals surface area contributed by atoms with Gasteiger partial charge >= 0.3 is 0 Å². The van der Waals surface area contributed by atoms with Gasteiger partial charge in [-0.2, -0.15) is 0 Å². The number of aldehydes is 1. The van der Waals surface area contributed by atoms with Gasteiger partial charge in [0.2, 0.25) is 0 Å². The summed E-state index contributed by atoms with van der Waals surface area (Å²) in [4.78, 5) is 12.3. The number of hydrogen-bond acceptors (Lipinski definition) is 4. The predicted molar refractivity (Wildman–Crippen MR) is 81.4 cm³/mol. The zero-order chi connectivity index (χ0) is 14.5. The predicted octanol–water partition coefficient (Wildman–Crippen LogP) is 4.33. The number of hydrogen-bond donors (Lipinski definition) is 0. The summed E-state index contributed by atoms with van der Waals surface area (Å²) >= 11 is 1.69. The fourth-order valence-corrected chi connectivity index (χ4v) is 2.46. The first kappa shape index (κ1) is 14.5. The van der Waals surface area contributed by atoms with Gasteiger partial charge in [0.15, 0.2) is 6.29 Å². The van der Waals surface area contributed by atoms with Crippen molar-refractivity contribution in [2.75, 3.05) is 13.4 Å². The molecular weight excluding hydrogens is 272 g/mol. The average Bonchev–Trinajstić information content (AvgIpc) is 2.48. The smallest absolute Gasteiger partial charge is 0.153 e. The second-order valence-electron chi connectivity index (χ2n) is 4.26. The maximum absolute atomic E-state index is 11.1. The van der Waals surface area contributed by atoms with Gasteiger partial charge in [0.25, 0.3) is 0 Å². The van der Waals surface area contributed by atoms with Gasteiger partial charge < -0.3 is 9.47 Å². The largest absolute Gasteiger partial charge is 0.497 e. The van der Waals surface area contributed by atoms with Crippen LogP contribution in [0.3, 0.4) is 0 Å².